The highest BCUT2D eigenvalue weighted by molar-refractivity contribution is 6.03. The summed E-state index contributed by atoms with van der Waals surface area (Å²) in [4.78, 5) is 46.6. The van der Waals surface area contributed by atoms with Crippen molar-refractivity contribution in [2.75, 3.05) is 39.2 Å². The first-order chi connectivity index (χ1) is 17.3. The molecule has 9 nitrogen and oxygen atoms in total. The number of carbonyl (C=O) groups excluding carboxylic acids is 3. The molecule has 0 unspecified atom stereocenters. The van der Waals surface area contributed by atoms with Gasteiger partial charge in [0.25, 0.3) is 11.8 Å². The molecule has 0 bridgehead atoms. The molecule has 1 aromatic carbocycles. The van der Waals surface area contributed by atoms with Gasteiger partial charge in [-0.05, 0) is 44.0 Å². The molecule has 9 heteroatoms. The predicted octanol–water partition coefficient (Wildman–Crippen LogP) is 3.08. The highest BCUT2D eigenvalue weighted by Gasteiger charge is 2.37. The van der Waals surface area contributed by atoms with Crippen molar-refractivity contribution in [3.05, 3.63) is 53.9 Å². The maximum absolute atomic E-state index is 13.4. The molecule has 0 spiro atoms. The Hall–Kier alpha value is -3.46. The zero-order valence-corrected chi connectivity index (χ0v) is 21.3. The minimum absolute atomic E-state index is 0.0264. The lowest BCUT2D eigenvalue weighted by atomic mass is 10.0. The Kier molecular flexibility index (Phi) is 7.88. The summed E-state index contributed by atoms with van der Waals surface area (Å²) in [6.45, 7) is 5.11. The van der Waals surface area contributed by atoms with E-state index in [1.165, 1.54) is 0 Å². The van der Waals surface area contributed by atoms with Gasteiger partial charge in [-0.25, -0.2) is 0 Å². The van der Waals surface area contributed by atoms with Crippen molar-refractivity contribution >= 4 is 23.4 Å². The molecule has 1 aliphatic carbocycles. The maximum atomic E-state index is 13.4. The number of rotatable bonds is 4. The Labute approximate surface area is 211 Å². The van der Waals surface area contributed by atoms with Gasteiger partial charge in [-0.2, -0.15) is 0 Å². The number of hydrogen-bond donors (Lipinski definition) is 1. The number of benzene rings is 1. The Bertz CT molecular complexity index is 1100. The second-order valence-corrected chi connectivity index (χ2v) is 9.74. The van der Waals surface area contributed by atoms with E-state index < -0.39 is 0 Å². The molecule has 2 heterocycles. The number of ether oxygens (including phenoxy) is 2. The van der Waals surface area contributed by atoms with E-state index in [2.05, 4.69) is 10.3 Å². The van der Waals surface area contributed by atoms with E-state index in [4.69, 9.17) is 9.47 Å². The third-order valence-electron chi connectivity index (χ3n) is 6.81. The van der Waals surface area contributed by atoms with Crippen LogP contribution in [0.4, 0.5) is 5.69 Å². The number of hydrogen-bond acceptors (Lipinski definition) is 6. The summed E-state index contributed by atoms with van der Waals surface area (Å²) in [5.41, 5.74) is 1.14. The summed E-state index contributed by atoms with van der Waals surface area (Å²) in [6, 6.07) is 9.86. The van der Waals surface area contributed by atoms with Gasteiger partial charge in [-0.1, -0.05) is 13.0 Å². The molecule has 0 saturated heterocycles. The lowest BCUT2D eigenvalue weighted by Gasteiger charge is -2.36. The third kappa shape index (κ3) is 5.84. The number of amides is 3. The van der Waals surface area contributed by atoms with Gasteiger partial charge >= 0.3 is 0 Å². The van der Waals surface area contributed by atoms with E-state index in [1.807, 2.05) is 18.7 Å². The predicted molar refractivity (Wildman–Crippen MR) is 135 cm³/mol. The van der Waals surface area contributed by atoms with Gasteiger partial charge in [-0.15, -0.1) is 0 Å². The first-order valence-electron chi connectivity index (χ1n) is 12.4. The number of carbonyl (C=O) groups is 3. The second kappa shape index (κ2) is 11.1. The minimum atomic E-state index is -0.362. The van der Waals surface area contributed by atoms with Crippen LogP contribution in [0.1, 0.15) is 47.5 Å². The fraction of sp³-hybridized carbons (Fsp3) is 0.481. The zero-order valence-electron chi connectivity index (χ0n) is 21.3. The van der Waals surface area contributed by atoms with Crippen LogP contribution in [0.15, 0.2) is 42.6 Å². The molecular weight excluding hydrogens is 460 g/mol. The average molecular weight is 495 g/mol. The molecule has 3 amide bonds. The van der Waals surface area contributed by atoms with E-state index in [1.54, 1.807) is 61.7 Å². The van der Waals surface area contributed by atoms with Crippen LogP contribution >= 0.6 is 0 Å². The van der Waals surface area contributed by atoms with Gasteiger partial charge in [0, 0.05) is 57.0 Å². The zero-order chi connectivity index (χ0) is 25.8. The second-order valence-electron chi connectivity index (χ2n) is 9.74. The number of methoxy groups -OCH3 is 1. The van der Waals surface area contributed by atoms with Crippen molar-refractivity contribution in [3.8, 4) is 5.75 Å². The van der Waals surface area contributed by atoms with Gasteiger partial charge in [-0.3, -0.25) is 19.4 Å². The largest absolute Gasteiger partial charge is 0.491 e. The first kappa shape index (κ1) is 25.6. The fourth-order valence-electron chi connectivity index (χ4n) is 4.41. The molecule has 1 aromatic heterocycles. The standard InChI is InChI=1S/C27H34N4O5/c1-17-14-31(26(33)19-8-9-19)18(2)16-36-23-13-20(29-25(32)22-7-5-6-12-28-22)10-11-21(23)27(34)30(3)15-24(17)35-4/h5-7,10-13,17-19,24H,8-9,14-16H2,1-4H3,(H,29,32)/t17-,18-,24-/m1/s1. The third-order valence-corrected chi connectivity index (χ3v) is 6.81. The molecule has 1 fully saturated rings. The van der Waals surface area contributed by atoms with Crippen LogP contribution in [-0.4, -0.2) is 78.5 Å². The topological polar surface area (TPSA) is 101 Å². The highest BCUT2D eigenvalue weighted by atomic mass is 16.5. The number of nitrogens with one attached hydrogen (secondary N) is 1. The van der Waals surface area contributed by atoms with Crippen molar-refractivity contribution < 1.29 is 23.9 Å². The van der Waals surface area contributed by atoms with Crippen LogP contribution in [0.5, 0.6) is 5.75 Å². The number of nitrogens with zero attached hydrogens (tertiary/aromatic N) is 3. The van der Waals surface area contributed by atoms with E-state index in [0.717, 1.165) is 12.8 Å². The fourth-order valence-corrected chi connectivity index (χ4v) is 4.41. The van der Waals surface area contributed by atoms with Gasteiger partial charge in [0.2, 0.25) is 5.91 Å². The molecule has 0 radical (unpaired) electrons. The number of anilines is 1. The van der Waals surface area contributed by atoms with Gasteiger partial charge in [0.15, 0.2) is 0 Å². The average Bonchev–Trinajstić information content (AvgIpc) is 3.73. The SMILES string of the molecule is CO[C@@H]1CN(C)C(=O)c2ccc(NC(=O)c3ccccn3)cc2OC[C@@H](C)N(C(=O)C2CC2)C[C@H]1C. The molecule has 4 rings (SSSR count). The number of fused-ring (bicyclic) bond motifs is 1. The Morgan fingerprint density at radius 1 is 1.14 bits per heavy atom. The summed E-state index contributed by atoms with van der Waals surface area (Å²) < 4.78 is 11.9. The van der Waals surface area contributed by atoms with Crippen LogP contribution in [0.2, 0.25) is 0 Å². The van der Waals surface area contributed by atoms with Gasteiger partial charge in [0.1, 0.15) is 18.1 Å². The van der Waals surface area contributed by atoms with E-state index in [-0.39, 0.29) is 54.0 Å². The molecular formula is C27H34N4O5. The van der Waals surface area contributed by atoms with E-state index in [0.29, 0.717) is 30.1 Å². The monoisotopic (exact) mass is 494 g/mol. The quantitative estimate of drug-likeness (QED) is 0.701. The summed E-state index contributed by atoms with van der Waals surface area (Å²) >= 11 is 0. The van der Waals surface area contributed by atoms with Crippen LogP contribution in [0, 0.1) is 11.8 Å². The maximum Gasteiger partial charge on any atom is 0.274 e. The van der Waals surface area contributed by atoms with Gasteiger partial charge in [0.05, 0.1) is 17.7 Å². The van der Waals surface area contributed by atoms with Crippen LogP contribution in [0.25, 0.3) is 0 Å². The van der Waals surface area contributed by atoms with Gasteiger partial charge < -0.3 is 24.6 Å². The molecule has 2 aliphatic rings. The summed E-state index contributed by atoms with van der Waals surface area (Å²) in [5.74, 6) is 0.0291. The Balaban J connectivity index is 1.63. The van der Waals surface area contributed by atoms with Crippen LogP contribution < -0.4 is 10.1 Å². The Morgan fingerprint density at radius 3 is 2.58 bits per heavy atom. The molecule has 2 aromatic rings. The highest BCUT2D eigenvalue weighted by Crippen LogP contribution is 2.33. The molecule has 36 heavy (non-hydrogen) atoms. The Morgan fingerprint density at radius 2 is 1.92 bits per heavy atom. The smallest absolute Gasteiger partial charge is 0.274 e. The number of aromatic nitrogens is 1. The molecule has 1 aliphatic heterocycles. The van der Waals surface area contributed by atoms with E-state index in [9.17, 15) is 14.4 Å². The van der Waals surface area contributed by atoms with Crippen molar-refractivity contribution in [2.24, 2.45) is 11.8 Å². The normalized spacial score (nSPS) is 23.1. The molecule has 1 saturated carbocycles. The summed E-state index contributed by atoms with van der Waals surface area (Å²) in [5, 5.41) is 2.81. The lowest BCUT2D eigenvalue weighted by molar-refractivity contribution is -0.136. The lowest BCUT2D eigenvalue weighted by Crippen LogP contribution is -2.49. The number of pyridine rings is 1. The van der Waals surface area contributed by atoms with Crippen molar-refractivity contribution in [1.82, 2.24) is 14.8 Å². The number of likely N-dealkylation sites (N-methyl/N-ethyl adjacent to an activating group) is 1. The van der Waals surface area contributed by atoms with Crippen LogP contribution in [0.3, 0.4) is 0 Å². The molecule has 192 valence electrons. The summed E-state index contributed by atoms with van der Waals surface area (Å²) in [7, 11) is 3.36. The molecule has 3 atom stereocenters. The van der Waals surface area contributed by atoms with Crippen molar-refractivity contribution in [3.63, 3.8) is 0 Å². The minimum Gasteiger partial charge on any atom is -0.491 e. The molecule has 1 N–H and O–H groups in total. The van der Waals surface area contributed by atoms with Crippen molar-refractivity contribution in [1.29, 1.82) is 0 Å². The van der Waals surface area contributed by atoms with Crippen molar-refractivity contribution in [2.45, 2.75) is 38.8 Å². The summed E-state index contributed by atoms with van der Waals surface area (Å²) in [6.07, 6.45) is 3.16. The van der Waals surface area contributed by atoms with Crippen LogP contribution in [-0.2, 0) is 9.53 Å². The van der Waals surface area contributed by atoms with E-state index >= 15 is 0 Å². The first-order valence-corrected chi connectivity index (χ1v) is 12.4.